The van der Waals surface area contributed by atoms with E-state index in [4.69, 9.17) is 9.47 Å². The van der Waals surface area contributed by atoms with Crippen LogP contribution in [0.15, 0.2) is 54.6 Å². The molecule has 124 valence electrons. The predicted octanol–water partition coefficient (Wildman–Crippen LogP) is 4.63. The quantitative estimate of drug-likeness (QED) is 0.559. The van der Waals surface area contributed by atoms with E-state index in [0.717, 1.165) is 21.9 Å². The van der Waals surface area contributed by atoms with Gasteiger partial charge in [-0.3, -0.25) is 0 Å². The summed E-state index contributed by atoms with van der Waals surface area (Å²) in [4.78, 5) is 0. The molecule has 3 aromatic rings. The standard InChI is InChI=1S/C21H17NO3/c1-24-20-12-15(21(25-2)19-6-4-3-5-18(19)20)11-16(13-22)14-7-9-17(23)10-8-14/h3-12,23H,1-2H3/b16-11-. The number of phenolic OH excluding ortho intramolecular Hbond substituents is 1. The Morgan fingerprint density at radius 2 is 1.68 bits per heavy atom. The van der Waals surface area contributed by atoms with E-state index in [9.17, 15) is 10.4 Å². The number of hydrogen-bond donors (Lipinski definition) is 1. The lowest BCUT2D eigenvalue weighted by molar-refractivity contribution is 0.410. The monoisotopic (exact) mass is 331 g/mol. The maximum atomic E-state index is 9.56. The number of hydrogen-bond acceptors (Lipinski definition) is 4. The van der Waals surface area contributed by atoms with Crippen LogP contribution in [-0.2, 0) is 0 Å². The van der Waals surface area contributed by atoms with Crippen LogP contribution in [-0.4, -0.2) is 19.3 Å². The van der Waals surface area contributed by atoms with E-state index in [1.54, 1.807) is 44.6 Å². The third-order valence-corrected chi connectivity index (χ3v) is 4.01. The van der Waals surface area contributed by atoms with Crippen LogP contribution in [0.2, 0.25) is 0 Å². The van der Waals surface area contributed by atoms with Crippen molar-refractivity contribution < 1.29 is 14.6 Å². The molecular weight excluding hydrogens is 314 g/mol. The number of nitriles is 1. The highest BCUT2D eigenvalue weighted by Gasteiger charge is 2.13. The van der Waals surface area contributed by atoms with Crippen molar-refractivity contribution in [3.05, 3.63) is 65.7 Å². The molecule has 3 rings (SSSR count). The maximum absolute atomic E-state index is 9.56. The topological polar surface area (TPSA) is 62.5 Å². The zero-order valence-electron chi connectivity index (χ0n) is 14.0. The number of ether oxygens (including phenoxy) is 2. The smallest absolute Gasteiger partial charge is 0.134 e. The number of methoxy groups -OCH3 is 2. The molecule has 0 atom stereocenters. The second-order valence-electron chi connectivity index (χ2n) is 5.46. The first kappa shape index (κ1) is 16.4. The van der Waals surface area contributed by atoms with Crippen LogP contribution in [0.3, 0.4) is 0 Å². The molecule has 0 saturated carbocycles. The summed E-state index contributed by atoms with van der Waals surface area (Å²) in [6.07, 6.45) is 1.76. The fraction of sp³-hybridized carbons (Fsp3) is 0.0952. The van der Waals surface area contributed by atoms with Crippen LogP contribution in [0.25, 0.3) is 22.4 Å². The molecule has 4 nitrogen and oxygen atoms in total. The second-order valence-corrected chi connectivity index (χ2v) is 5.46. The molecule has 0 bridgehead atoms. The lowest BCUT2D eigenvalue weighted by Crippen LogP contribution is -1.93. The SMILES string of the molecule is COc1cc(/C=C(/C#N)c2ccc(O)cc2)c(OC)c2ccccc12. The highest BCUT2D eigenvalue weighted by molar-refractivity contribution is 6.00. The Morgan fingerprint density at radius 1 is 1.00 bits per heavy atom. The number of allylic oxidation sites excluding steroid dienone is 1. The van der Waals surface area contributed by atoms with Gasteiger partial charge in [0, 0.05) is 16.3 Å². The summed E-state index contributed by atoms with van der Waals surface area (Å²) < 4.78 is 11.1. The molecule has 0 aliphatic heterocycles. The highest BCUT2D eigenvalue weighted by Crippen LogP contribution is 2.38. The molecule has 0 aromatic heterocycles. The van der Waals surface area contributed by atoms with Crippen molar-refractivity contribution >= 4 is 22.4 Å². The molecule has 0 aliphatic rings. The minimum absolute atomic E-state index is 0.158. The van der Waals surface area contributed by atoms with E-state index in [1.165, 1.54) is 0 Å². The Bertz CT molecular complexity index is 982. The average Bonchev–Trinajstić information content (AvgIpc) is 2.66. The number of phenols is 1. The number of nitrogens with zero attached hydrogens (tertiary/aromatic N) is 1. The van der Waals surface area contributed by atoms with Gasteiger partial charge in [-0.2, -0.15) is 5.26 Å². The van der Waals surface area contributed by atoms with E-state index < -0.39 is 0 Å². The minimum atomic E-state index is 0.158. The lowest BCUT2D eigenvalue weighted by Gasteiger charge is -2.13. The number of benzene rings is 3. The van der Waals surface area contributed by atoms with E-state index >= 15 is 0 Å². The van der Waals surface area contributed by atoms with Gasteiger partial charge >= 0.3 is 0 Å². The molecule has 0 fully saturated rings. The van der Waals surface area contributed by atoms with E-state index in [-0.39, 0.29) is 5.75 Å². The van der Waals surface area contributed by atoms with Crippen LogP contribution in [0.1, 0.15) is 11.1 Å². The predicted molar refractivity (Wildman–Crippen MR) is 98.6 cm³/mol. The number of fused-ring (bicyclic) bond motifs is 1. The molecular formula is C21H17NO3. The Balaban J connectivity index is 2.23. The summed E-state index contributed by atoms with van der Waals surface area (Å²) in [6, 6.07) is 18.4. The normalized spacial score (nSPS) is 11.2. The molecule has 3 aromatic carbocycles. The number of rotatable bonds is 4. The van der Waals surface area contributed by atoms with Gasteiger partial charge in [0.05, 0.1) is 25.9 Å². The van der Waals surface area contributed by atoms with Crippen molar-refractivity contribution in [3.8, 4) is 23.3 Å². The third-order valence-electron chi connectivity index (χ3n) is 4.01. The van der Waals surface area contributed by atoms with Gasteiger partial charge in [-0.1, -0.05) is 24.3 Å². The van der Waals surface area contributed by atoms with Gasteiger partial charge in [-0.25, -0.2) is 0 Å². The molecule has 0 saturated heterocycles. The second kappa shape index (κ2) is 6.98. The van der Waals surface area contributed by atoms with Gasteiger partial charge in [-0.05, 0) is 42.0 Å². The van der Waals surface area contributed by atoms with Gasteiger partial charge in [0.1, 0.15) is 17.2 Å². The summed E-state index contributed by atoms with van der Waals surface area (Å²) in [5, 5.41) is 20.9. The summed E-state index contributed by atoms with van der Waals surface area (Å²) in [5.41, 5.74) is 1.94. The van der Waals surface area contributed by atoms with Crippen molar-refractivity contribution in [2.75, 3.05) is 14.2 Å². The first-order valence-corrected chi connectivity index (χ1v) is 7.73. The van der Waals surface area contributed by atoms with Crippen LogP contribution in [0.4, 0.5) is 0 Å². The molecule has 0 heterocycles. The Morgan fingerprint density at radius 3 is 2.28 bits per heavy atom. The summed E-state index contributed by atoms with van der Waals surface area (Å²) in [5.74, 6) is 1.56. The van der Waals surface area contributed by atoms with E-state index in [1.807, 2.05) is 30.3 Å². The van der Waals surface area contributed by atoms with Gasteiger partial charge in [-0.15, -0.1) is 0 Å². The van der Waals surface area contributed by atoms with Crippen molar-refractivity contribution in [1.82, 2.24) is 0 Å². The molecule has 0 radical (unpaired) electrons. The van der Waals surface area contributed by atoms with Crippen LogP contribution in [0, 0.1) is 11.3 Å². The van der Waals surface area contributed by atoms with Gasteiger partial charge in [0.25, 0.3) is 0 Å². The third kappa shape index (κ3) is 3.13. The van der Waals surface area contributed by atoms with Crippen molar-refractivity contribution in [3.63, 3.8) is 0 Å². The maximum Gasteiger partial charge on any atom is 0.134 e. The van der Waals surface area contributed by atoms with Crippen molar-refractivity contribution in [2.45, 2.75) is 0 Å². The van der Waals surface area contributed by atoms with Crippen LogP contribution in [0.5, 0.6) is 17.2 Å². The molecule has 25 heavy (non-hydrogen) atoms. The zero-order valence-corrected chi connectivity index (χ0v) is 14.0. The number of aromatic hydroxyl groups is 1. The summed E-state index contributed by atoms with van der Waals surface area (Å²) in [7, 11) is 3.23. The van der Waals surface area contributed by atoms with Crippen molar-refractivity contribution in [1.29, 1.82) is 5.26 Å². The van der Waals surface area contributed by atoms with Crippen LogP contribution < -0.4 is 9.47 Å². The Labute approximate surface area is 146 Å². The fourth-order valence-electron chi connectivity index (χ4n) is 2.82. The Hall–Kier alpha value is -3.45. The molecule has 0 spiro atoms. The van der Waals surface area contributed by atoms with Crippen molar-refractivity contribution in [2.24, 2.45) is 0 Å². The van der Waals surface area contributed by atoms with E-state index in [0.29, 0.717) is 17.1 Å². The fourth-order valence-corrected chi connectivity index (χ4v) is 2.82. The van der Waals surface area contributed by atoms with Gasteiger partial charge < -0.3 is 14.6 Å². The molecule has 0 unspecified atom stereocenters. The summed E-state index contributed by atoms with van der Waals surface area (Å²) >= 11 is 0. The highest BCUT2D eigenvalue weighted by atomic mass is 16.5. The molecule has 4 heteroatoms. The average molecular weight is 331 g/mol. The van der Waals surface area contributed by atoms with Gasteiger partial charge in [0.2, 0.25) is 0 Å². The first-order valence-electron chi connectivity index (χ1n) is 7.73. The first-order chi connectivity index (χ1) is 12.2. The minimum Gasteiger partial charge on any atom is -0.508 e. The molecule has 1 N–H and O–H groups in total. The van der Waals surface area contributed by atoms with E-state index in [2.05, 4.69) is 6.07 Å². The lowest BCUT2D eigenvalue weighted by atomic mass is 9.99. The Kier molecular flexibility index (Phi) is 4.58. The van der Waals surface area contributed by atoms with Gasteiger partial charge in [0.15, 0.2) is 0 Å². The molecule has 0 aliphatic carbocycles. The largest absolute Gasteiger partial charge is 0.508 e. The zero-order chi connectivity index (χ0) is 17.8. The molecule has 0 amide bonds. The summed E-state index contributed by atoms with van der Waals surface area (Å²) in [6.45, 7) is 0. The van der Waals surface area contributed by atoms with Crippen LogP contribution >= 0.6 is 0 Å².